The summed E-state index contributed by atoms with van der Waals surface area (Å²) in [5.41, 5.74) is 0.659. The maximum atomic E-state index is 11.3. The highest BCUT2D eigenvalue weighted by Crippen LogP contribution is 2.35. The van der Waals surface area contributed by atoms with Crippen LogP contribution >= 0.6 is 11.6 Å². The topological polar surface area (TPSA) is 59.4 Å². The van der Waals surface area contributed by atoms with Gasteiger partial charge >= 0.3 is 5.97 Å². The van der Waals surface area contributed by atoms with E-state index >= 15 is 0 Å². The van der Waals surface area contributed by atoms with E-state index in [9.17, 15) is 9.90 Å². The summed E-state index contributed by atoms with van der Waals surface area (Å²) >= 11 is 6.07. The zero-order chi connectivity index (χ0) is 14.8. The molecule has 0 atom stereocenters. The molecule has 0 bridgehead atoms. The van der Waals surface area contributed by atoms with Gasteiger partial charge in [0.25, 0.3) is 0 Å². The Bertz CT molecular complexity index is 827. The maximum Gasteiger partial charge on any atom is 0.339 e. The van der Waals surface area contributed by atoms with Crippen molar-refractivity contribution in [3.8, 4) is 11.5 Å². The van der Waals surface area contributed by atoms with Gasteiger partial charge in [-0.2, -0.15) is 0 Å². The van der Waals surface area contributed by atoms with Crippen LogP contribution in [0.25, 0.3) is 10.9 Å². The number of hydrogen-bond donors (Lipinski definition) is 1. The minimum atomic E-state index is -1.10. The number of hydrogen-bond acceptors (Lipinski definition) is 3. The van der Waals surface area contributed by atoms with Crippen molar-refractivity contribution in [1.29, 1.82) is 0 Å². The quantitative estimate of drug-likeness (QED) is 0.779. The second-order valence-corrected chi connectivity index (χ2v) is 4.76. The van der Waals surface area contributed by atoms with Crippen molar-refractivity contribution in [1.82, 2.24) is 4.98 Å². The van der Waals surface area contributed by atoms with Gasteiger partial charge in [0.15, 0.2) is 11.5 Å². The summed E-state index contributed by atoms with van der Waals surface area (Å²) in [5.74, 6) is -0.519. The second-order valence-electron chi connectivity index (χ2n) is 4.36. The molecular weight excluding hydrogens is 290 g/mol. The first-order valence-electron chi connectivity index (χ1n) is 6.20. The first-order valence-corrected chi connectivity index (χ1v) is 6.58. The minimum Gasteiger partial charge on any atom is -0.478 e. The van der Waals surface area contributed by atoms with Crippen molar-refractivity contribution in [3.63, 3.8) is 0 Å². The Labute approximate surface area is 125 Å². The molecule has 0 saturated heterocycles. The first-order chi connectivity index (χ1) is 10.2. The molecule has 3 rings (SSSR count). The minimum absolute atomic E-state index is 0.00966. The number of pyridine rings is 1. The molecule has 0 saturated carbocycles. The van der Waals surface area contributed by atoms with Crippen LogP contribution in [-0.2, 0) is 0 Å². The van der Waals surface area contributed by atoms with E-state index in [0.29, 0.717) is 11.3 Å². The summed E-state index contributed by atoms with van der Waals surface area (Å²) in [6, 6.07) is 13.8. The van der Waals surface area contributed by atoms with Gasteiger partial charge in [0.05, 0.1) is 5.02 Å². The molecule has 0 aliphatic heterocycles. The van der Waals surface area contributed by atoms with E-state index in [1.165, 1.54) is 6.07 Å². The number of halogens is 1. The first kappa shape index (κ1) is 13.4. The van der Waals surface area contributed by atoms with Gasteiger partial charge < -0.3 is 9.84 Å². The Morgan fingerprint density at radius 2 is 1.86 bits per heavy atom. The van der Waals surface area contributed by atoms with E-state index in [1.54, 1.807) is 24.4 Å². The zero-order valence-electron chi connectivity index (χ0n) is 10.8. The van der Waals surface area contributed by atoms with Crippen LogP contribution in [0.4, 0.5) is 0 Å². The number of rotatable bonds is 3. The van der Waals surface area contributed by atoms with E-state index in [1.807, 2.05) is 24.3 Å². The van der Waals surface area contributed by atoms with Crippen molar-refractivity contribution >= 4 is 28.5 Å². The molecule has 4 nitrogen and oxygen atoms in total. The molecule has 3 aromatic rings. The molecule has 0 fully saturated rings. The van der Waals surface area contributed by atoms with Gasteiger partial charge in [-0.05, 0) is 24.3 Å². The van der Waals surface area contributed by atoms with E-state index in [0.717, 1.165) is 5.39 Å². The fourth-order valence-corrected chi connectivity index (χ4v) is 2.26. The molecule has 1 N–H and O–H groups in total. The van der Waals surface area contributed by atoms with Gasteiger partial charge in [-0.15, -0.1) is 0 Å². The van der Waals surface area contributed by atoms with Crippen molar-refractivity contribution in [2.24, 2.45) is 0 Å². The lowest BCUT2D eigenvalue weighted by atomic mass is 10.2. The summed E-state index contributed by atoms with van der Waals surface area (Å²) < 4.78 is 5.74. The molecule has 0 spiro atoms. The molecule has 104 valence electrons. The third kappa shape index (κ3) is 2.53. The summed E-state index contributed by atoms with van der Waals surface area (Å²) in [7, 11) is 0. The third-order valence-corrected chi connectivity index (χ3v) is 3.30. The Morgan fingerprint density at radius 3 is 2.67 bits per heavy atom. The molecule has 1 aromatic heterocycles. The number of carboxylic acids is 1. The lowest BCUT2D eigenvalue weighted by Gasteiger charge is -2.11. The standard InChI is InChI=1S/C16H10ClNO3/c17-12-7-2-6-11(16(19)20)15(12)21-13-8-1-4-10-5-3-9-18-14(10)13/h1-9H,(H,19,20). The van der Waals surface area contributed by atoms with Crippen molar-refractivity contribution in [2.75, 3.05) is 0 Å². The highest BCUT2D eigenvalue weighted by atomic mass is 35.5. The number of aromatic carboxylic acids is 1. The van der Waals surface area contributed by atoms with Gasteiger partial charge in [-0.1, -0.05) is 35.9 Å². The van der Waals surface area contributed by atoms with Crippen molar-refractivity contribution in [2.45, 2.75) is 0 Å². The van der Waals surface area contributed by atoms with Crippen LogP contribution < -0.4 is 4.74 Å². The van der Waals surface area contributed by atoms with E-state index in [-0.39, 0.29) is 16.3 Å². The normalized spacial score (nSPS) is 10.5. The van der Waals surface area contributed by atoms with Crippen LogP contribution in [0.3, 0.4) is 0 Å². The van der Waals surface area contributed by atoms with Crippen LogP contribution in [-0.4, -0.2) is 16.1 Å². The van der Waals surface area contributed by atoms with E-state index in [2.05, 4.69) is 4.98 Å². The fourth-order valence-electron chi connectivity index (χ4n) is 2.05. The van der Waals surface area contributed by atoms with Gasteiger partial charge in [-0.3, -0.25) is 4.98 Å². The zero-order valence-corrected chi connectivity index (χ0v) is 11.5. The van der Waals surface area contributed by atoms with Crippen LogP contribution in [0.15, 0.2) is 54.7 Å². The van der Waals surface area contributed by atoms with Gasteiger partial charge in [0.1, 0.15) is 11.1 Å². The number of aromatic nitrogens is 1. The molecule has 5 heteroatoms. The van der Waals surface area contributed by atoms with E-state index < -0.39 is 5.97 Å². The van der Waals surface area contributed by atoms with Crippen molar-refractivity contribution in [3.05, 3.63) is 65.3 Å². The number of fused-ring (bicyclic) bond motifs is 1. The Balaban J connectivity index is 2.13. The fraction of sp³-hybridized carbons (Fsp3) is 0. The summed E-state index contributed by atoms with van der Waals surface area (Å²) in [6.45, 7) is 0. The maximum absolute atomic E-state index is 11.3. The van der Waals surface area contributed by atoms with Gasteiger partial charge in [0.2, 0.25) is 0 Å². The largest absolute Gasteiger partial charge is 0.478 e. The SMILES string of the molecule is O=C(O)c1cccc(Cl)c1Oc1cccc2cccnc12. The predicted molar refractivity (Wildman–Crippen MR) is 80.2 cm³/mol. The average molecular weight is 300 g/mol. The Morgan fingerprint density at radius 1 is 1.10 bits per heavy atom. The van der Waals surface area contributed by atoms with Crippen molar-refractivity contribution < 1.29 is 14.6 Å². The molecular formula is C16H10ClNO3. The van der Waals surface area contributed by atoms with Crippen LogP contribution in [0.5, 0.6) is 11.5 Å². The van der Waals surface area contributed by atoms with Crippen LogP contribution in [0.1, 0.15) is 10.4 Å². The smallest absolute Gasteiger partial charge is 0.339 e. The number of benzene rings is 2. The Hall–Kier alpha value is -2.59. The summed E-state index contributed by atoms with van der Waals surface area (Å²) in [6.07, 6.45) is 1.65. The number of carboxylic acid groups (broad SMARTS) is 1. The highest BCUT2D eigenvalue weighted by molar-refractivity contribution is 6.32. The molecule has 0 unspecified atom stereocenters. The number of nitrogens with zero attached hydrogens (tertiary/aromatic N) is 1. The summed E-state index contributed by atoms with van der Waals surface area (Å²) in [5, 5.41) is 10.4. The lowest BCUT2D eigenvalue weighted by molar-refractivity contribution is 0.0694. The van der Waals surface area contributed by atoms with Crippen LogP contribution in [0, 0.1) is 0 Å². The number of carbonyl (C=O) groups is 1. The van der Waals surface area contributed by atoms with Crippen LogP contribution in [0.2, 0.25) is 5.02 Å². The monoisotopic (exact) mass is 299 g/mol. The van der Waals surface area contributed by atoms with Gasteiger partial charge in [0, 0.05) is 11.6 Å². The molecule has 2 aromatic carbocycles. The average Bonchev–Trinajstić information content (AvgIpc) is 2.49. The van der Waals surface area contributed by atoms with E-state index in [4.69, 9.17) is 16.3 Å². The molecule has 0 radical (unpaired) electrons. The lowest BCUT2D eigenvalue weighted by Crippen LogP contribution is -2.00. The molecule has 0 amide bonds. The highest BCUT2D eigenvalue weighted by Gasteiger charge is 2.16. The summed E-state index contributed by atoms with van der Waals surface area (Å²) in [4.78, 5) is 15.5. The molecule has 21 heavy (non-hydrogen) atoms. The number of para-hydroxylation sites is 2. The Kier molecular flexibility index (Phi) is 3.46. The third-order valence-electron chi connectivity index (χ3n) is 3.01. The molecule has 1 heterocycles. The molecule has 0 aliphatic carbocycles. The van der Waals surface area contributed by atoms with Gasteiger partial charge in [-0.25, -0.2) is 4.79 Å². The molecule has 0 aliphatic rings. The second kappa shape index (κ2) is 5.42. The number of ether oxygens (including phenoxy) is 1. The predicted octanol–water partition coefficient (Wildman–Crippen LogP) is 4.38.